The topological polar surface area (TPSA) is 36.6 Å². The van der Waals surface area contributed by atoms with Crippen LogP contribution in [-0.2, 0) is 18.4 Å². The first kappa shape index (κ1) is 15.8. The molecule has 128 valence electrons. The molecule has 1 aromatic carbocycles. The Labute approximate surface area is 144 Å². The van der Waals surface area contributed by atoms with Gasteiger partial charge in [0.25, 0.3) is 0 Å². The monoisotopic (exact) mass is 325 g/mol. The van der Waals surface area contributed by atoms with E-state index in [2.05, 4.69) is 30.9 Å². The Hall–Kier alpha value is -1.74. The molecule has 0 radical (unpaired) electrons. The Morgan fingerprint density at radius 1 is 1.29 bits per heavy atom. The molecule has 2 aromatic rings. The highest BCUT2D eigenvalue weighted by Gasteiger charge is 2.51. The minimum Gasteiger partial charge on any atom is -0.508 e. The lowest BCUT2D eigenvalue weighted by molar-refractivity contribution is 0.000801. The number of phenols is 1. The summed E-state index contributed by atoms with van der Waals surface area (Å²) in [4.78, 5) is 2.62. The van der Waals surface area contributed by atoms with Crippen LogP contribution in [0.5, 0.6) is 5.75 Å². The number of fused-ring (bicyclic) bond motifs is 4. The minimum absolute atomic E-state index is 0.214. The third-order valence-corrected chi connectivity index (χ3v) is 6.56. The molecule has 1 saturated heterocycles. The molecule has 0 spiro atoms. The van der Waals surface area contributed by atoms with Crippen molar-refractivity contribution in [1.82, 2.24) is 4.90 Å². The van der Waals surface area contributed by atoms with E-state index >= 15 is 0 Å². The number of furan rings is 1. The summed E-state index contributed by atoms with van der Waals surface area (Å²) in [7, 11) is 0. The summed E-state index contributed by atoms with van der Waals surface area (Å²) in [5.74, 6) is 2.11. The standard InChI is InChI=1S/C21H27NO2/c1-3-18-20-12-15-7-8-16(23)13-19(15)21(18,4-2)9-10-22(20)14-17-6-5-11-24-17/h5-8,11,13,18,20,23H,3-4,9-10,12,14H2,1-2H3/t18-,20+,21+/m0/s1. The van der Waals surface area contributed by atoms with Gasteiger partial charge >= 0.3 is 0 Å². The Kier molecular flexibility index (Phi) is 3.92. The molecule has 1 N–H and O–H groups in total. The maximum absolute atomic E-state index is 10.1. The Bertz CT molecular complexity index is 709. The number of aromatic hydroxyl groups is 1. The van der Waals surface area contributed by atoms with Crippen molar-refractivity contribution < 1.29 is 9.52 Å². The first-order chi connectivity index (χ1) is 11.7. The number of benzene rings is 1. The number of piperidine rings is 1. The molecule has 3 atom stereocenters. The Morgan fingerprint density at radius 2 is 2.17 bits per heavy atom. The van der Waals surface area contributed by atoms with Gasteiger partial charge < -0.3 is 9.52 Å². The van der Waals surface area contributed by atoms with Crippen molar-refractivity contribution in [1.29, 1.82) is 0 Å². The first-order valence-electron chi connectivity index (χ1n) is 9.26. The third-order valence-electron chi connectivity index (χ3n) is 6.56. The van der Waals surface area contributed by atoms with Gasteiger partial charge in [-0.25, -0.2) is 0 Å². The van der Waals surface area contributed by atoms with Crippen LogP contribution in [0.2, 0.25) is 0 Å². The average molecular weight is 325 g/mol. The van der Waals surface area contributed by atoms with Gasteiger partial charge in [0, 0.05) is 11.5 Å². The molecule has 1 aromatic heterocycles. The van der Waals surface area contributed by atoms with Gasteiger partial charge in [0.1, 0.15) is 11.5 Å². The van der Waals surface area contributed by atoms with Crippen LogP contribution in [0.25, 0.3) is 0 Å². The lowest BCUT2D eigenvalue weighted by Crippen LogP contribution is -2.59. The van der Waals surface area contributed by atoms with Crippen LogP contribution in [0.3, 0.4) is 0 Å². The average Bonchev–Trinajstić information content (AvgIpc) is 3.10. The van der Waals surface area contributed by atoms with E-state index in [1.54, 1.807) is 6.26 Å². The van der Waals surface area contributed by atoms with Crippen molar-refractivity contribution in [2.24, 2.45) is 5.92 Å². The normalized spacial score (nSPS) is 29.4. The van der Waals surface area contributed by atoms with Crippen LogP contribution < -0.4 is 0 Å². The minimum atomic E-state index is 0.214. The predicted octanol–water partition coefficient (Wildman–Crippen LogP) is 4.49. The van der Waals surface area contributed by atoms with E-state index in [1.807, 2.05) is 18.2 Å². The zero-order valence-corrected chi connectivity index (χ0v) is 14.7. The number of likely N-dealkylation sites (tertiary alicyclic amines) is 1. The van der Waals surface area contributed by atoms with Gasteiger partial charge in [-0.2, -0.15) is 0 Å². The number of nitrogens with zero attached hydrogens (tertiary/aromatic N) is 1. The van der Waals surface area contributed by atoms with E-state index in [4.69, 9.17) is 4.42 Å². The fraction of sp³-hybridized carbons (Fsp3) is 0.524. The summed E-state index contributed by atoms with van der Waals surface area (Å²) in [5.41, 5.74) is 3.05. The zero-order chi connectivity index (χ0) is 16.7. The van der Waals surface area contributed by atoms with Gasteiger partial charge in [0.2, 0.25) is 0 Å². The lowest BCUT2D eigenvalue weighted by atomic mass is 9.55. The van der Waals surface area contributed by atoms with E-state index in [9.17, 15) is 5.11 Å². The molecule has 0 saturated carbocycles. The summed E-state index contributed by atoms with van der Waals surface area (Å²) < 4.78 is 5.60. The SMILES string of the molecule is CC[C@H]1[C@H]2Cc3ccc(O)cc3[C@]1(CC)CCN2Cc1ccco1. The Balaban J connectivity index is 1.74. The van der Waals surface area contributed by atoms with E-state index in [0.717, 1.165) is 38.1 Å². The van der Waals surface area contributed by atoms with Crippen molar-refractivity contribution in [3.05, 3.63) is 53.5 Å². The lowest BCUT2D eigenvalue weighted by Gasteiger charge is -2.57. The van der Waals surface area contributed by atoms with E-state index in [-0.39, 0.29) is 5.41 Å². The highest BCUT2D eigenvalue weighted by Crippen LogP contribution is 2.52. The summed E-state index contributed by atoms with van der Waals surface area (Å²) in [5, 5.41) is 10.1. The molecule has 2 heterocycles. The maximum atomic E-state index is 10.1. The summed E-state index contributed by atoms with van der Waals surface area (Å²) >= 11 is 0. The van der Waals surface area contributed by atoms with Crippen molar-refractivity contribution in [2.45, 2.75) is 57.5 Å². The summed E-state index contributed by atoms with van der Waals surface area (Å²) in [6.45, 7) is 6.65. The fourth-order valence-corrected chi connectivity index (χ4v) is 5.45. The smallest absolute Gasteiger partial charge is 0.117 e. The van der Waals surface area contributed by atoms with E-state index in [1.165, 1.54) is 17.5 Å². The van der Waals surface area contributed by atoms with Crippen LogP contribution >= 0.6 is 0 Å². The highest BCUT2D eigenvalue weighted by molar-refractivity contribution is 5.44. The van der Waals surface area contributed by atoms with Crippen LogP contribution in [0.4, 0.5) is 0 Å². The van der Waals surface area contributed by atoms with Crippen LogP contribution in [0.15, 0.2) is 41.0 Å². The number of rotatable bonds is 4. The van der Waals surface area contributed by atoms with Gasteiger partial charge in [-0.3, -0.25) is 4.90 Å². The molecule has 3 heteroatoms. The second-order valence-corrected chi connectivity index (χ2v) is 7.44. The van der Waals surface area contributed by atoms with Crippen LogP contribution in [0, 0.1) is 5.92 Å². The second kappa shape index (κ2) is 5.96. The largest absolute Gasteiger partial charge is 0.508 e. The highest BCUT2D eigenvalue weighted by atomic mass is 16.3. The molecule has 2 bridgehead atoms. The quantitative estimate of drug-likeness (QED) is 0.900. The molecule has 0 unspecified atom stereocenters. The summed E-state index contributed by atoms with van der Waals surface area (Å²) in [6.07, 6.45) is 6.34. The molecule has 3 nitrogen and oxygen atoms in total. The second-order valence-electron chi connectivity index (χ2n) is 7.44. The van der Waals surface area contributed by atoms with Crippen LogP contribution in [-0.4, -0.2) is 22.6 Å². The molecule has 0 amide bonds. The molecule has 2 aliphatic rings. The molecule has 1 aliphatic heterocycles. The fourth-order valence-electron chi connectivity index (χ4n) is 5.45. The van der Waals surface area contributed by atoms with Gasteiger partial charge in [-0.15, -0.1) is 0 Å². The number of hydrogen-bond acceptors (Lipinski definition) is 3. The first-order valence-corrected chi connectivity index (χ1v) is 9.26. The molecular formula is C21H27NO2. The Morgan fingerprint density at radius 3 is 2.88 bits per heavy atom. The zero-order valence-electron chi connectivity index (χ0n) is 14.7. The number of phenolic OH excluding ortho intramolecular Hbond substituents is 1. The van der Waals surface area contributed by atoms with Crippen LogP contribution in [0.1, 0.15) is 50.0 Å². The van der Waals surface area contributed by atoms with E-state index < -0.39 is 0 Å². The molecule has 1 fully saturated rings. The van der Waals surface area contributed by atoms with Crippen molar-refractivity contribution in [2.75, 3.05) is 6.54 Å². The molecule has 4 rings (SSSR count). The molecule has 1 aliphatic carbocycles. The summed E-state index contributed by atoms with van der Waals surface area (Å²) in [6, 6.07) is 10.7. The van der Waals surface area contributed by atoms with Gasteiger partial charge in [-0.1, -0.05) is 26.3 Å². The maximum Gasteiger partial charge on any atom is 0.117 e. The molecule has 24 heavy (non-hydrogen) atoms. The van der Waals surface area contributed by atoms with Gasteiger partial charge in [0.05, 0.1) is 12.8 Å². The molecular weight excluding hydrogens is 298 g/mol. The predicted molar refractivity (Wildman–Crippen MR) is 95.1 cm³/mol. The van der Waals surface area contributed by atoms with Crippen molar-refractivity contribution in [3.63, 3.8) is 0 Å². The van der Waals surface area contributed by atoms with Crippen molar-refractivity contribution in [3.8, 4) is 5.75 Å². The van der Waals surface area contributed by atoms with E-state index in [0.29, 0.717) is 17.7 Å². The van der Waals surface area contributed by atoms with Crippen molar-refractivity contribution >= 4 is 0 Å². The number of hydrogen-bond donors (Lipinski definition) is 1. The van der Waals surface area contributed by atoms with Gasteiger partial charge in [0.15, 0.2) is 0 Å². The van der Waals surface area contributed by atoms with Gasteiger partial charge in [-0.05, 0) is 67.1 Å². The third kappa shape index (κ3) is 2.29.